The lowest BCUT2D eigenvalue weighted by Crippen LogP contribution is -2.07. The van der Waals surface area contributed by atoms with E-state index in [4.69, 9.17) is 0 Å². The first-order valence-electron chi connectivity index (χ1n) is 9.67. The molecule has 0 fully saturated rings. The number of nitrogens with zero attached hydrogens (tertiary/aromatic N) is 3. The molecule has 2 aromatic carbocycles. The van der Waals surface area contributed by atoms with E-state index >= 15 is 0 Å². The molecule has 154 valence electrons. The van der Waals surface area contributed by atoms with E-state index in [-0.39, 0.29) is 0 Å². The first-order chi connectivity index (χ1) is 14.6. The summed E-state index contributed by atoms with van der Waals surface area (Å²) in [5, 5.41) is 13.5. The second kappa shape index (κ2) is 8.28. The molecule has 0 atom stereocenters. The van der Waals surface area contributed by atoms with Crippen molar-refractivity contribution in [3.8, 4) is 0 Å². The normalized spacial score (nSPS) is 10.8. The summed E-state index contributed by atoms with van der Waals surface area (Å²) in [5.74, 6) is 0.412. The van der Waals surface area contributed by atoms with E-state index in [0.29, 0.717) is 18.0 Å². The number of hydrogen-bond acceptors (Lipinski definition) is 6. The van der Waals surface area contributed by atoms with Gasteiger partial charge in [0.25, 0.3) is 0 Å². The zero-order valence-electron chi connectivity index (χ0n) is 17.1. The molecule has 30 heavy (non-hydrogen) atoms. The summed E-state index contributed by atoms with van der Waals surface area (Å²) in [7, 11) is 5.54. The highest BCUT2D eigenvalue weighted by molar-refractivity contribution is 5.95. The van der Waals surface area contributed by atoms with Crippen molar-refractivity contribution in [1.29, 1.82) is 0 Å². The first kappa shape index (κ1) is 19.5. The average Bonchev–Trinajstić information content (AvgIpc) is 3.17. The lowest BCUT2D eigenvalue weighted by molar-refractivity contribution is 0.543. The van der Waals surface area contributed by atoms with E-state index in [2.05, 4.69) is 31.2 Å². The third-order valence-electron chi connectivity index (χ3n) is 5.00. The van der Waals surface area contributed by atoms with Gasteiger partial charge in [0.2, 0.25) is 0 Å². The monoisotopic (exact) mass is 405 g/mol. The van der Waals surface area contributed by atoms with Crippen molar-refractivity contribution >= 4 is 39.6 Å². The van der Waals surface area contributed by atoms with Crippen LogP contribution in [0.2, 0.25) is 0 Å². The van der Waals surface area contributed by atoms with Gasteiger partial charge in [-0.2, -0.15) is 14.4 Å². The van der Waals surface area contributed by atoms with Crippen LogP contribution in [0.1, 0.15) is 5.56 Å². The van der Waals surface area contributed by atoms with Crippen LogP contribution in [-0.4, -0.2) is 35.7 Å². The van der Waals surface area contributed by atoms with Crippen LogP contribution >= 0.6 is 0 Å². The fraction of sp³-hybridized carbons (Fsp3) is 0.182. The van der Waals surface area contributed by atoms with Crippen LogP contribution in [0.4, 0.5) is 33.0 Å². The number of anilines is 5. The summed E-state index contributed by atoms with van der Waals surface area (Å²) >= 11 is 0. The summed E-state index contributed by atoms with van der Waals surface area (Å²) < 4.78 is 16.3. The maximum Gasteiger partial charge on any atom is 0.312 e. The summed E-state index contributed by atoms with van der Waals surface area (Å²) in [6.07, 6.45) is 1.13. The maximum atomic E-state index is 14.4. The molecule has 0 radical (unpaired) electrons. The zero-order chi connectivity index (χ0) is 21.1. The second-order valence-corrected chi connectivity index (χ2v) is 6.83. The fourth-order valence-electron chi connectivity index (χ4n) is 3.48. The molecule has 0 amide bonds. The van der Waals surface area contributed by atoms with Crippen LogP contribution < -0.4 is 21.3 Å². The minimum absolute atomic E-state index is 0.412. The predicted octanol–water partition coefficient (Wildman–Crippen LogP) is 4.49. The zero-order valence-corrected chi connectivity index (χ0v) is 17.1. The molecule has 8 heteroatoms. The van der Waals surface area contributed by atoms with Crippen LogP contribution in [0.25, 0.3) is 11.0 Å². The number of nitrogens with one attached hydrogen (secondary N) is 4. The third-order valence-corrected chi connectivity index (χ3v) is 5.00. The molecule has 0 spiro atoms. The van der Waals surface area contributed by atoms with Crippen molar-refractivity contribution in [3.63, 3.8) is 0 Å². The van der Waals surface area contributed by atoms with Gasteiger partial charge in [-0.25, -0.2) is 0 Å². The topological polar surface area (TPSA) is 78.8 Å². The average molecular weight is 405 g/mol. The van der Waals surface area contributed by atoms with Gasteiger partial charge in [0.05, 0.1) is 22.4 Å². The van der Waals surface area contributed by atoms with Gasteiger partial charge in [0.15, 0.2) is 0 Å². The molecular formula is C22H24FN7. The summed E-state index contributed by atoms with van der Waals surface area (Å²) in [5.41, 5.74) is 5.07. The molecule has 0 aliphatic heterocycles. The van der Waals surface area contributed by atoms with Gasteiger partial charge in [0.1, 0.15) is 11.5 Å². The number of rotatable bonds is 7. The lowest BCUT2D eigenvalue weighted by atomic mass is 10.2. The van der Waals surface area contributed by atoms with Gasteiger partial charge < -0.3 is 25.8 Å². The Kier molecular flexibility index (Phi) is 5.38. The Morgan fingerprint density at radius 3 is 2.23 bits per heavy atom. The first-order valence-corrected chi connectivity index (χ1v) is 9.67. The van der Waals surface area contributed by atoms with E-state index in [1.807, 2.05) is 80.4 Å². The van der Waals surface area contributed by atoms with E-state index in [1.165, 1.54) is 0 Å². The predicted molar refractivity (Wildman–Crippen MR) is 121 cm³/mol. The Bertz CT molecular complexity index is 1150. The van der Waals surface area contributed by atoms with Crippen LogP contribution in [0, 0.1) is 6.08 Å². The fourth-order valence-corrected chi connectivity index (χ4v) is 3.48. The Morgan fingerprint density at radius 1 is 0.900 bits per heavy atom. The number of halogens is 1. The van der Waals surface area contributed by atoms with Crippen molar-refractivity contribution in [2.45, 2.75) is 6.54 Å². The van der Waals surface area contributed by atoms with Crippen LogP contribution in [0.3, 0.4) is 0 Å². The van der Waals surface area contributed by atoms with Gasteiger partial charge in [-0.15, -0.1) is 0 Å². The highest BCUT2D eigenvalue weighted by Crippen LogP contribution is 2.37. The van der Waals surface area contributed by atoms with E-state index in [1.54, 1.807) is 0 Å². The largest absolute Gasteiger partial charge is 0.388 e. The number of hydrogen-bond donors (Lipinski definition) is 4. The molecule has 0 bridgehead atoms. The lowest BCUT2D eigenvalue weighted by Gasteiger charge is -2.18. The highest BCUT2D eigenvalue weighted by atomic mass is 19.1. The van der Waals surface area contributed by atoms with E-state index < -0.39 is 6.08 Å². The molecule has 7 nitrogen and oxygen atoms in total. The molecular weight excluding hydrogens is 381 g/mol. The van der Waals surface area contributed by atoms with Gasteiger partial charge in [-0.3, -0.25) is 0 Å². The van der Waals surface area contributed by atoms with Crippen LogP contribution in [-0.2, 0) is 6.54 Å². The van der Waals surface area contributed by atoms with Gasteiger partial charge in [-0.1, -0.05) is 30.3 Å². The standard InChI is InChI=1S/C22H24FN7/c1-24-15-11-17(25-2)19(18(12-15)26-3)27-20-16-9-10-30(21(16)29-22(23)28-20)13-14-7-5-4-6-8-14/h4-12,24-26H,13H2,1-3H3,(H,27,28,29). The van der Waals surface area contributed by atoms with Gasteiger partial charge in [-0.05, 0) is 23.8 Å². The molecule has 0 saturated carbocycles. The molecule has 2 aromatic heterocycles. The Labute approximate surface area is 174 Å². The molecule has 0 aliphatic rings. The second-order valence-electron chi connectivity index (χ2n) is 6.83. The van der Waals surface area contributed by atoms with Crippen molar-refractivity contribution in [2.24, 2.45) is 0 Å². The van der Waals surface area contributed by atoms with E-state index in [0.717, 1.165) is 33.7 Å². The number of aromatic nitrogens is 3. The van der Waals surface area contributed by atoms with Crippen molar-refractivity contribution in [3.05, 3.63) is 66.4 Å². The Hall–Kier alpha value is -3.81. The maximum absolute atomic E-state index is 14.4. The van der Waals surface area contributed by atoms with Crippen molar-refractivity contribution in [1.82, 2.24) is 14.5 Å². The van der Waals surface area contributed by atoms with Crippen LogP contribution in [0.5, 0.6) is 0 Å². The van der Waals surface area contributed by atoms with E-state index in [9.17, 15) is 4.39 Å². The summed E-state index contributed by atoms with van der Waals surface area (Å²) in [4.78, 5) is 8.09. The van der Waals surface area contributed by atoms with Gasteiger partial charge in [0, 0.05) is 39.6 Å². The molecule has 4 rings (SSSR count). The minimum atomic E-state index is -0.776. The molecule has 0 unspecified atom stereocenters. The molecule has 4 N–H and O–H groups in total. The molecule has 4 aromatic rings. The Balaban J connectivity index is 1.77. The Morgan fingerprint density at radius 2 is 1.60 bits per heavy atom. The third kappa shape index (κ3) is 3.71. The summed E-state index contributed by atoms with van der Waals surface area (Å²) in [6.45, 7) is 0.598. The number of fused-ring (bicyclic) bond motifs is 1. The van der Waals surface area contributed by atoms with Crippen molar-refractivity contribution < 1.29 is 4.39 Å². The van der Waals surface area contributed by atoms with Crippen LogP contribution in [0.15, 0.2) is 54.7 Å². The molecule has 2 heterocycles. The molecule has 0 saturated heterocycles. The molecule has 0 aliphatic carbocycles. The van der Waals surface area contributed by atoms with Crippen molar-refractivity contribution in [2.75, 3.05) is 42.4 Å². The smallest absolute Gasteiger partial charge is 0.312 e. The summed E-state index contributed by atoms with van der Waals surface area (Å²) in [6, 6.07) is 15.8. The highest BCUT2D eigenvalue weighted by Gasteiger charge is 2.16. The quantitative estimate of drug-likeness (QED) is 0.340. The number of benzene rings is 2. The van der Waals surface area contributed by atoms with Gasteiger partial charge >= 0.3 is 6.08 Å². The minimum Gasteiger partial charge on any atom is -0.388 e. The SMILES string of the molecule is CNc1cc(NC)c(Nc2nc(F)nc3c2ccn3Cc2ccccc2)c(NC)c1.